The number of benzene rings is 3. The van der Waals surface area contributed by atoms with Crippen LogP contribution in [-0.4, -0.2) is 19.1 Å². The number of carbonyl (C=O) groups is 1. The van der Waals surface area contributed by atoms with E-state index in [1.165, 1.54) is 6.08 Å². The highest BCUT2D eigenvalue weighted by Gasteiger charge is 2.12. The van der Waals surface area contributed by atoms with Crippen molar-refractivity contribution in [3.05, 3.63) is 87.4 Å². The molecule has 0 heterocycles. The van der Waals surface area contributed by atoms with E-state index in [2.05, 4.69) is 11.2 Å². The predicted molar refractivity (Wildman–Crippen MR) is 141 cm³/mol. The summed E-state index contributed by atoms with van der Waals surface area (Å²) >= 11 is 12.1. The van der Waals surface area contributed by atoms with Crippen molar-refractivity contribution >= 4 is 40.9 Å². The number of nitrogens with one attached hydrogen (secondary N) is 1. The Morgan fingerprint density at radius 2 is 1.81 bits per heavy atom. The predicted octanol–water partition coefficient (Wildman–Crippen LogP) is 6.53. The molecule has 3 aromatic carbocycles. The SMILES string of the molecule is C#CCOc1ccc(/C=C(\C#N)C(=O)Nc2ccc(OCc3ccc(Cl)cc3Cl)cc2)cc1OCC. The van der Waals surface area contributed by atoms with Gasteiger partial charge in [0.1, 0.15) is 30.6 Å². The largest absolute Gasteiger partial charge is 0.490 e. The molecule has 0 bridgehead atoms. The molecule has 0 spiro atoms. The Bertz CT molecular complexity index is 1340. The summed E-state index contributed by atoms with van der Waals surface area (Å²) < 4.78 is 16.8. The summed E-state index contributed by atoms with van der Waals surface area (Å²) in [7, 11) is 0. The molecule has 0 unspecified atom stereocenters. The topological polar surface area (TPSA) is 80.6 Å². The fourth-order valence-corrected chi connectivity index (χ4v) is 3.53. The second kappa shape index (κ2) is 13.1. The van der Waals surface area contributed by atoms with Crippen LogP contribution in [0.25, 0.3) is 6.08 Å². The molecular weight excluding hydrogens is 499 g/mol. The highest BCUT2D eigenvalue weighted by Crippen LogP contribution is 2.29. The summed E-state index contributed by atoms with van der Waals surface area (Å²) in [4.78, 5) is 12.7. The van der Waals surface area contributed by atoms with Crippen molar-refractivity contribution in [3.8, 4) is 35.7 Å². The van der Waals surface area contributed by atoms with Gasteiger partial charge in [-0.3, -0.25) is 4.79 Å². The minimum atomic E-state index is -0.551. The molecule has 0 aromatic heterocycles. The van der Waals surface area contributed by atoms with Crippen LogP contribution in [0.4, 0.5) is 5.69 Å². The molecule has 3 aromatic rings. The molecule has 8 heteroatoms. The van der Waals surface area contributed by atoms with Gasteiger partial charge in [0.05, 0.1) is 6.61 Å². The minimum Gasteiger partial charge on any atom is -0.490 e. The zero-order valence-corrected chi connectivity index (χ0v) is 20.9. The molecule has 1 N–H and O–H groups in total. The van der Waals surface area contributed by atoms with E-state index in [1.807, 2.05) is 13.0 Å². The van der Waals surface area contributed by atoms with E-state index in [1.54, 1.807) is 60.7 Å². The number of nitrogens with zero attached hydrogens (tertiary/aromatic N) is 1. The Balaban J connectivity index is 1.66. The van der Waals surface area contributed by atoms with Crippen molar-refractivity contribution in [2.24, 2.45) is 0 Å². The molecule has 0 atom stereocenters. The molecule has 0 saturated carbocycles. The highest BCUT2D eigenvalue weighted by molar-refractivity contribution is 6.35. The van der Waals surface area contributed by atoms with Crippen molar-refractivity contribution < 1.29 is 19.0 Å². The maximum atomic E-state index is 12.7. The fourth-order valence-electron chi connectivity index (χ4n) is 3.07. The normalized spacial score (nSPS) is 10.6. The van der Waals surface area contributed by atoms with E-state index < -0.39 is 5.91 Å². The van der Waals surface area contributed by atoms with Crippen LogP contribution in [0.15, 0.2) is 66.2 Å². The van der Waals surface area contributed by atoms with Crippen molar-refractivity contribution in [3.63, 3.8) is 0 Å². The molecule has 0 aliphatic carbocycles. The summed E-state index contributed by atoms with van der Waals surface area (Å²) in [6, 6.07) is 19.0. The van der Waals surface area contributed by atoms with E-state index >= 15 is 0 Å². The molecule has 182 valence electrons. The van der Waals surface area contributed by atoms with Crippen molar-refractivity contribution in [1.82, 2.24) is 0 Å². The van der Waals surface area contributed by atoms with Gasteiger partial charge in [-0.25, -0.2) is 0 Å². The average molecular weight is 521 g/mol. The fraction of sp³-hybridized carbons (Fsp3) is 0.143. The first kappa shape index (κ1) is 26.5. The van der Waals surface area contributed by atoms with Gasteiger partial charge in [-0.2, -0.15) is 5.26 Å². The van der Waals surface area contributed by atoms with Gasteiger partial charge >= 0.3 is 0 Å². The molecular formula is C28H22Cl2N2O4. The van der Waals surface area contributed by atoms with E-state index in [-0.39, 0.29) is 18.8 Å². The number of hydrogen-bond donors (Lipinski definition) is 1. The molecule has 36 heavy (non-hydrogen) atoms. The van der Waals surface area contributed by atoms with Crippen molar-refractivity contribution in [2.45, 2.75) is 13.5 Å². The van der Waals surface area contributed by atoms with Gasteiger partial charge < -0.3 is 19.5 Å². The average Bonchev–Trinajstić information content (AvgIpc) is 2.87. The molecule has 3 rings (SSSR count). The number of halogens is 2. The van der Waals surface area contributed by atoms with E-state index in [4.69, 9.17) is 43.8 Å². The zero-order chi connectivity index (χ0) is 25.9. The van der Waals surface area contributed by atoms with Crippen LogP contribution in [0.3, 0.4) is 0 Å². The third-order valence-electron chi connectivity index (χ3n) is 4.78. The number of hydrogen-bond acceptors (Lipinski definition) is 5. The van der Waals surface area contributed by atoms with Crippen LogP contribution in [0.1, 0.15) is 18.1 Å². The first-order chi connectivity index (χ1) is 17.4. The quantitative estimate of drug-likeness (QED) is 0.187. The van der Waals surface area contributed by atoms with Crippen molar-refractivity contribution in [2.75, 3.05) is 18.5 Å². The number of anilines is 1. The molecule has 0 aliphatic rings. The minimum absolute atomic E-state index is 0.0764. The maximum absolute atomic E-state index is 12.7. The first-order valence-electron chi connectivity index (χ1n) is 10.9. The van der Waals surface area contributed by atoms with Crippen LogP contribution in [-0.2, 0) is 11.4 Å². The lowest BCUT2D eigenvalue weighted by atomic mass is 10.1. The standard InChI is InChI=1S/C28H22Cl2N2O4/c1-3-13-35-26-12-5-19(15-27(26)34-4-2)14-21(17-31)28(33)32-23-8-10-24(11-9-23)36-18-20-6-7-22(29)16-25(20)30/h1,5-12,14-16H,4,13,18H2,2H3,(H,32,33)/b21-14+. The van der Waals surface area contributed by atoms with Gasteiger partial charge in [-0.15, -0.1) is 6.42 Å². The lowest BCUT2D eigenvalue weighted by Gasteiger charge is -2.11. The molecule has 0 fully saturated rings. The lowest BCUT2D eigenvalue weighted by molar-refractivity contribution is -0.112. The number of ether oxygens (including phenoxy) is 3. The van der Waals surface area contributed by atoms with Gasteiger partial charge in [0.2, 0.25) is 0 Å². The third kappa shape index (κ3) is 7.45. The van der Waals surface area contributed by atoms with Gasteiger partial charge in [-0.1, -0.05) is 41.3 Å². The number of terminal acetylenes is 1. The summed E-state index contributed by atoms with van der Waals surface area (Å²) in [5.41, 5.74) is 1.83. The van der Waals surface area contributed by atoms with Crippen LogP contribution < -0.4 is 19.5 Å². The van der Waals surface area contributed by atoms with Crippen LogP contribution in [0.5, 0.6) is 17.2 Å². The van der Waals surface area contributed by atoms with E-state index in [9.17, 15) is 10.1 Å². The third-order valence-corrected chi connectivity index (χ3v) is 5.36. The van der Waals surface area contributed by atoms with E-state index in [0.717, 1.165) is 5.56 Å². The molecule has 6 nitrogen and oxygen atoms in total. The Kier molecular flexibility index (Phi) is 9.65. The lowest BCUT2D eigenvalue weighted by Crippen LogP contribution is -2.13. The van der Waals surface area contributed by atoms with Crippen LogP contribution >= 0.6 is 23.2 Å². The molecule has 0 aliphatic heterocycles. The second-order valence-electron chi connectivity index (χ2n) is 7.30. The van der Waals surface area contributed by atoms with Crippen LogP contribution in [0, 0.1) is 23.7 Å². The first-order valence-corrected chi connectivity index (χ1v) is 11.6. The summed E-state index contributed by atoms with van der Waals surface area (Å²) in [5, 5.41) is 13.3. The van der Waals surface area contributed by atoms with E-state index in [0.29, 0.717) is 45.2 Å². The number of nitriles is 1. The second-order valence-corrected chi connectivity index (χ2v) is 8.15. The van der Waals surface area contributed by atoms with Gasteiger partial charge in [0, 0.05) is 21.3 Å². The highest BCUT2D eigenvalue weighted by atomic mass is 35.5. The Morgan fingerprint density at radius 3 is 2.47 bits per heavy atom. The van der Waals surface area contributed by atoms with Gasteiger partial charge in [0.25, 0.3) is 5.91 Å². The summed E-state index contributed by atoms with van der Waals surface area (Å²) in [6.07, 6.45) is 6.71. The maximum Gasteiger partial charge on any atom is 0.266 e. The summed E-state index contributed by atoms with van der Waals surface area (Å²) in [6.45, 7) is 2.61. The van der Waals surface area contributed by atoms with Crippen LogP contribution in [0.2, 0.25) is 10.0 Å². The molecule has 0 saturated heterocycles. The zero-order valence-electron chi connectivity index (χ0n) is 19.4. The van der Waals surface area contributed by atoms with Crippen molar-refractivity contribution in [1.29, 1.82) is 5.26 Å². The Hall–Kier alpha value is -4.10. The van der Waals surface area contributed by atoms with Gasteiger partial charge in [-0.05, 0) is 67.1 Å². The molecule has 1 amide bonds. The van der Waals surface area contributed by atoms with Gasteiger partial charge in [0.15, 0.2) is 11.5 Å². The monoisotopic (exact) mass is 520 g/mol. The summed E-state index contributed by atoms with van der Waals surface area (Å²) in [5.74, 6) is 3.38. The number of amides is 1. The Labute approximate surface area is 220 Å². The number of rotatable bonds is 10. The number of carbonyl (C=O) groups excluding carboxylic acids is 1. The molecule has 0 radical (unpaired) electrons. The Morgan fingerprint density at radius 1 is 1.03 bits per heavy atom. The smallest absolute Gasteiger partial charge is 0.266 e.